The molecule has 8 nitrogen and oxygen atoms in total. The van der Waals surface area contributed by atoms with Crippen molar-refractivity contribution in [2.75, 3.05) is 31.0 Å². The Morgan fingerprint density at radius 1 is 1.03 bits per heavy atom. The monoisotopic (exact) mass is 541 g/mol. The number of ether oxygens (including phenoxy) is 2. The Morgan fingerprint density at radius 3 is 2.49 bits per heavy atom. The van der Waals surface area contributed by atoms with E-state index in [1.54, 1.807) is 13.3 Å². The third-order valence-corrected chi connectivity index (χ3v) is 7.23. The van der Waals surface area contributed by atoms with Gasteiger partial charge in [0.15, 0.2) is 5.11 Å². The van der Waals surface area contributed by atoms with Crippen molar-refractivity contribution in [2.24, 2.45) is 0 Å². The van der Waals surface area contributed by atoms with Crippen molar-refractivity contribution in [1.29, 1.82) is 0 Å². The third-order valence-electron chi connectivity index (χ3n) is 6.91. The summed E-state index contributed by atoms with van der Waals surface area (Å²) in [6, 6.07) is 23.7. The number of hydrogen-bond donors (Lipinski definition) is 2. The number of thiocarbonyl (C=S) groups is 1. The average molecular weight is 542 g/mol. The second-order valence-corrected chi connectivity index (χ2v) is 9.75. The van der Waals surface area contributed by atoms with Gasteiger partial charge in [0.25, 0.3) is 0 Å². The number of aromatic nitrogens is 2. The van der Waals surface area contributed by atoms with Crippen LogP contribution in [0, 0.1) is 13.8 Å². The van der Waals surface area contributed by atoms with Crippen LogP contribution in [-0.4, -0.2) is 41.4 Å². The molecule has 1 aliphatic rings. The van der Waals surface area contributed by atoms with Crippen molar-refractivity contribution in [1.82, 2.24) is 14.9 Å². The van der Waals surface area contributed by atoms with Gasteiger partial charge in [0.1, 0.15) is 12.4 Å². The number of nitrogens with one attached hydrogen (secondary N) is 2. The van der Waals surface area contributed by atoms with Crippen molar-refractivity contribution in [3.63, 3.8) is 0 Å². The fraction of sp³-hybridized carbons (Fsp3) is 0.233. The van der Waals surface area contributed by atoms with Crippen LogP contribution in [0.2, 0.25) is 0 Å². The molecule has 200 valence electrons. The van der Waals surface area contributed by atoms with Crippen LogP contribution >= 0.6 is 12.2 Å². The summed E-state index contributed by atoms with van der Waals surface area (Å²) in [4.78, 5) is 19.1. The Hall–Kier alpha value is -4.21. The summed E-state index contributed by atoms with van der Waals surface area (Å²) in [6.07, 6.45) is 1.80. The van der Waals surface area contributed by atoms with Gasteiger partial charge in [0.05, 0.1) is 30.6 Å². The molecule has 2 aromatic heterocycles. The van der Waals surface area contributed by atoms with Crippen molar-refractivity contribution < 1.29 is 14.3 Å². The van der Waals surface area contributed by atoms with E-state index in [1.807, 2.05) is 54.6 Å². The summed E-state index contributed by atoms with van der Waals surface area (Å²) >= 11 is 5.93. The number of methoxy groups -OCH3 is 2. The third kappa shape index (κ3) is 5.10. The zero-order valence-corrected chi connectivity index (χ0v) is 23.2. The predicted octanol–water partition coefficient (Wildman–Crippen LogP) is 5.26. The number of nitrogens with zero attached hydrogens (tertiary/aromatic N) is 3. The van der Waals surface area contributed by atoms with Crippen molar-refractivity contribution in [2.45, 2.75) is 25.9 Å². The van der Waals surface area contributed by atoms with Crippen molar-refractivity contribution >= 4 is 34.6 Å². The molecule has 2 aromatic carbocycles. The molecular weight excluding hydrogens is 510 g/mol. The number of rotatable bonds is 8. The summed E-state index contributed by atoms with van der Waals surface area (Å²) in [5.41, 5.74) is 6.69. The Bertz CT molecular complexity index is 1490. The molecule has 0 bridgehead atoms. The lowest BCUT2D eigenvalue weighted by atomic mass is 9.96. The van der Waals surface area contributed by atoms with E-state index in [2.05, 4.69) is 57.1 Å². The van der Waals surface area contributed by atoms with E-state index in [1.165, 1.54) is 7.11 Å². The largest absolute Gasteiger partial charge is 0.495 e. The van der Waals surface area contributed by atoms with Gasteiger partial charge in [-0.05, 0) is 80.2 Å². The van der Waals surface area contributed by atoms with Gasteiger partial charge in [-0.25, -0.2) is 0 Å². The number of hydrogen-bond acceptors (Lipinski definition) is 5. The first-order valence-electron chi connectivity index (χ1n) is 12.6. The fourth-order valence-corrected chi connectivity index (χ4v) is 5.62. The fourth-order valence-electron chi connectivity index (χ4n) is 5.27. The Labute approximate surface area is 233 Å². The Balaban J connectivity index is 1.64. The molecule has 2 N–H and O–H groups in total. The van der Waals surface area contributed by atoms with E-state index in [0.29, 0.717) is 16.5 Å². The maximum Gasteiger partial charge on any atom is 0.250 e. The van der Waals surface area contributed by atoms with Crippen LogP contribution < -0.4 is 20.3 Å². The van der Waals surface area contributed by atoms with Crippen molar-refractivity contribution in [3.05, 3.63) is 102 Å². The minimum absolute atomic E-state index is 0.0626. The molecule has 0 unspecified atom stereocenters. The molecule has 1 amide bonds. The summed E-state index contributed by atoms with van der Waals surface area (Å²) in [7, 11) is 3.05. The highest BCUT2D eigenvalue weighted by molar-refractivity contribution is 7.80. The highest BCUT2D eigenvalue weighted by Crippen LogP contribution is 2.45. The number of aryl methyl sites for hydroxylation is 1. The highest BCUT2D eigenvalue weighted by Gasteiger charge is 2.42. The van der Waals surface area contributed by atoms with Gasteiger partial charge < -0.3 is 29.6 Å². The number of para-hydroxylation sites is 1. The van der Waals surface area contributed by atoms with Crippen LogP contribution in [0.4, 0.5) is 11.4 Å². The lowest BCUT2D eigenvalue weighted by Crippen LogP contribution is -2.29. The summed E-state index contributed by atoms with van der Waals surface area (Å²) in [5.74, 6) is 0.269. The number of carbonyl (C=O) groups is 1. The van der Waals surface area contributed by atoms with Gasteiger partial charge in [-0.1, -0.05) is 24.3 Å². The van der Waals surface area contributed by atoms with Gasteiger partial charge in [-0.2, -0.15) is 0 Å². The normalized spacial score (nSPS) is 16.7. The van der Waals surface area contributed by atoms with Crippen LogP contribution in [0.3, 0.4) is 0 Å². The molecule has 0 spiro atoms. The average Bonchev–Trinajstić information content (AvgIpc) is 3.44. The predicted molar refractivity (Wildman–Crippen MR) is 157 cm³/mol. The highest BCUT2D eigenvalue weighted by atomic mass is 32.1. The number of pyridine rings is 1. The summed E-state index contributed by atoms with van der Waals surface area (Å²) < 4.78 is 12.8. The first kappa shape index (κ1) is 26.4. The van der Waals surface area contributed by atoms with Gasteiger partial charge in [-0.3, -0.25) is 9.78 Å². The number of anilines is 2. The molecule has 1 fully saturated rings. The number of benzene rings is 2. The van der Waals surface area contributed by atoms with Crippen molar-refractivity contribution in [3.8, 4) is 11.4 Å². The maximum absolute atomic E-state index is 12.4. The second-order valence-electron chi connectivity index (χ2n) is 9.36. The van der Waals surface area contributed by atoms with Crippen LogP contribution in [0.1, 0.15) is 34.7 Å². The van der Waals surface area contributed by atoms with E-state index in [4.69, 9.17) is 21.7 Å². The molecule has 39 heavy (non-hydrogen) atoms. The lowest BCUT2D eigenvalue weighted by molar-refractivity contribution is -0.119. The van der Waals surface area contributed by atoms with Crippen LogP contribution in [-0.2, 0) is 9.53 Å². The second kappa shape index (κ2) is 11.3. The van der Waals surface area contributed by atoms with Crippen LogP contribution in [0.15, 0.2) is 79.0 Å². The molecule has 0 aliphatic carbocycles. The van der Waals surface area contributed by atoms with Gasteiger partial charge >= 0.3 is 0 Å². The van der Waals surface area contributed by atoms with Crippen LogP contribution in [0.5, 0.6) is 5.75 Å². The smallest absolute Gasteiger partial charge is 0.250 e. The molecular formula is C30H31N5O3S. The molecule has 0 radical (unpaired) electrons. The van der Waals surface area contributed by atoms with Gasteiger partial charge in [0, 0.05) is 36.1 Å². The lowest BCUT2D eigenvalue weighted by Gasteiger charge is -2.29. The van der Waals surface area contributed by atoms with E-state index in [-0.39, 0.29) is 24.6 Å². The molecule has 0 saturated carbocycles. The SMILES string of the molecule is COCC(=O)Nc1cc(N2C(=S)N[C@@H](c3ccccn3)[C@H]2c2cc(C)n(-c3ccccc3)c2C)ccc1OC. The molecule has 2 atom stereocenters. The van der Waals surface area contributed by atoms with E-state index >= 15 is 0 Å². The molecule has 9 heteroatoms. The maximum atomic E-state index is 12.4. The van der Waals surface area contributed by atoms with Gasteiger partial charge in [0.2, 0.25) is 5.91 Å². The zero-order valence-electron chi connectivity index (χ0n) is 22.3. The first-order valence-corrected chi connectivity index (χ1v) is 13.1. The van der Waals surface area contributed by atoms with E-state index < -0.39 is 0 Å². The molecule has 1 aliphatic heterocycles. The zero-order chi connectivity index (χ0) is 27.5. The summed E-state index contributed by atoms with van der Waals surface area (Å²) in [5, 5.41) is 6.98. The van der Waals surface area contributed by atoms with Crippen LogP contribution in [0.25, 0.3) is 5.69 Å². The topological polar surface area (TPSA) is 80.7 Å². The summed E-state index contributed by atoms with van der Waals surface area (Å²) in [6.45, 7) is 4.18. The Morgan fingerprint density at radius 2 is 1.79 bits per heavy atom. The quantitative estimate of drug-likeness (QED) is 0.295. The molecule has 4 aromatic rings. The van der Waals surface area contributed by atoms with E-state index in [9.17, 15) is 4.79 Å². The molecule has 5 rings (SSSR count). The Kier molecular flexibility index (Phi) is 7.63. The number of carbonyl (C=O) groups excluding carboxylic acids is 1. The minimum Gasteiger partial charge on any atom is -0.495 e. The minimum atomic E-state index is -0.274. The molecule has 1 saturated heterocycles. The standard InChI is InChI=1S/C30H31N5O3S/c1-19-16-23(20(2)34(19)21-10-6-5-7-11-21)29-28(24-12-8-9-15-31-24)33-30(39)35(29)22-13-14-26(38-4)25(17-22)32-27(36)18-37-3/h5-17,28-29H,18H2,1-4H3,(H,32,36)(H,33,39)/t28-,29+/m0/s1. The van der Waals surface area contributed by atoms with Gasteiger partial charge in [-0.15, -0.1) is 0 Å². The number of amides is 1. The first-order chi connectivity index (χ1) is 18.9. The van der Waals surface area contributed by atoms with E-state index in [0.717, 1.165) is 34.0 Å². The molecule has 3 heterocycles.